The fourth-order valence-electron chi connectivity index (χ4n) is 2.89. The SMILES string of the molecule is Cc1cc(C)n(-c2ccc(C(=O)NCCCc3ccccc3)cc2)n1. The summed E-state index contributed by atoms with van der Waals surface area (Å²) in [6, 6.07) is 19.9. The molecular formula is C21H23N3O. The van der Waals surface area contributed by atoms with Gasteiger partial charge in [0.05, 0.1) is 11.4 Å². The van der Waals surface area contributed by atoms with Gasteiger partial charge in [-0.2, -0.15) is 5.10 Å². The predicted octanol–water partition coefficient (Wildman–Crippen LogP) is 3.85. The van der Waals surface area contributed by atoms with Crippen LogP contribution in [-0.4, -0.2) is 22.2 Å². The van der Waals surface area contributed by atoms with Crippen molar-refractivity contribution in [2.45, 2.75) is 26.7 Å². The molecule has 0 atom stereocenters. The van der Waals surface area contributed by atoms with Crippen molar-refractivity contribution in [3.63, 3.8) is 0 Å². The van der Waals surface area contributed by atoms with Crippen LogP contribution in [0.1, 0.15) is 33.7 Å². The molecule has 4 heteroatoms. The average Bonchev–Trinajstić information content (AvgIpc) is 2.98. The predicted molar refractivity (Wildman–Crippen MR) is 100 cm³/mol. The fourth-order valence-corrected chi connectivity index (χ4v) is 2.89. The van der Waals surface area contributed by atoms with Crippen LogP contribution >= 0.6 is 0 Å². The highest BCUT2D eigenvalue weighted by Gasteiger charge is 2.07. The summed E-state index contributed by atoms with van der Waals surface area (Å²) in [4.78, 5) is 12.2. The molecule has 3 aromatic rings. The number of hydrogen-bond donors (Lipinski definition) is 1. The Labute approximate surface area is 148 Å². The molecule has 1 N–H and O–H groups in total. The van der Waals surface area contributed by atoms with Crippen molar-refractivity contribution in [2.24, 2.45) is 0 Å². The van der Waals surface area contributed by atoms with Gasteiger partial charge in [0.25, 0.3) is 5.91 Å². The lowest BCUT2D eigenvalue weighted by molar-refractivity contribution is 0.0953. The van der Waals surface area contributed by atoms with Gasteiger partial charge in [-0.15, -0.1) is 0 Å². The Kier molecular flexibility index (Phi) is 5.29. The number of nitrogens with one attached hydrogen (secondary N) is 1. The van der Waals surface area contributed by atoms with Gasteiger partial charge in [-0.3, -0.25) is 4.79 Å². The van der Waals surface area contributed by atoms with Crippen LogP contribution in [-0.2, 0) is 6.42 Å². The van der Waals surface area contributed by atoms with Crippen LogP contribution in [0.2, 0.25) is 0 Å². The third kappa shape index (κ3) is 4.35. The largest absolute Gasteiger partial charge is 0.352 e. The van der Waals surface area contributed by atoms with E-state index in [-0.39, 0.29) is 5.91 Å². The van der Waals surface area contributed by atoms with Gasteiger partial charge in [0.2, 0.25) is 0 Å². The molecule has 1 heterocycles. The minimum Gasteiger partial charge on any atom is -0.352 e. The number of carbonyl (C=O) groups is 1. The van der Waals surface area contributed by atoms with Crippen molar-refractivity contribution in [2.75, 3.05) is 6.54 Å². The molecular weight excluding hydrogens is 310 g/mol. The number of aromatic nitrogens is 2. The molecule has 128 valence electrons. The first-order valence-electron chi connectivity index (χ1n) is 8.59. The second-order valence-corrected chi connectivity index (χ2v) is 6.23. The van der Waals surface area contributed by atoms with Gasteiger partial charge in [-0.1, -0.05) is 30.3 Å². The highest BCUT2D eigenvalue weighted by Crippen LogP contribution is 2.13. The van der Waals surface area contributed by atoms with Crippen LogP contribution in [0.3, 0.4) is 0 Å². The number of hydrogen-bond acceptors (Lipinski definition) is 2. The number of nitrogens with zero attached hydrogens (tertiary/aromatic N) is 2. The molecule has 0 bridgehead atoms. The Bertz CT molecular complexity index is 835. The minimum absolute atomic E-state index is 0.0343. The summed E-state index contributed by atoms with van der Waals surface area (Å²) < 4.78 is 1.89. The zero-order chi connectivity index (χ0) is 17.6. The molecule has 2 aromatic carbocycles. The summed E-state index contributed by atoms with van der Waals surface area (Å²) in [7, 11) is 0. The molecule has 0 fully saturated rings. The Morgan fingerprint density at radius 2 is 1.76 bits per heavy atom. The van der Waals surface area contributed by atoms with E-state index in [9.17, 15) is 4.79 Å². The van der Waals surface area contributed by atoms with E-state index in [1.165, 1.54) is 5.56 Å². The lowest BCUT2D eigenvalue weighted by Crippen LogP contribution is -2.24. The van der Waals surface area contributed by atoms with E-state index in [0.717, 1.165) is 29.9 Å². The molecule has 0 radical (unpaired) electrons. The zero-order valence-corrected chi connectivity index (χ0v) is 14.7. The normalized spacial score (nSPS) is 10.6. The van der Waals surface area contributed by atoms with E-state index in [2.05, 4.69) is 22.5 Å². The second kappa shape index (κ2) is 7.79. The smallest absolute Gasteiger partial charge is 0.251 e. The van der Waals surface area contributed by atoms with Gasteiger partial charge in [0, 0.05) is 17.8 Å². The summed E-state index contributed by atoms with van der Waals surface area (Å²) in [5.41, 5.74) is 5.00. The number of amides is 1. The maximum Gasteiger partial charge on any atom is 0.251 e. The minimum atomic E-state index is -0.0343. The van der Waals surface area contributed by atoms with E-state index < -0.39 is 0 Å². The first kappa shape index (κ1) is 17.0. The topological polar surface area (TPSA) is 46.9 Å². The maximum atomic E-state index is 12.2. The quantitative estimate of drug-likeness (QED) is 0.697. The number of benzene rings is 2. The first-order valence-corrected chi connectivity index (χ1v) is 8.59. The lowest BCUT2D eigenvalue weighted by atomic mass is 10.1. The van der Waals surface area contributed by atoms with Gasteiger partial charge in [-0.25, -0.2) is 4.68 Å². The molecule has 0 unspecified atom stereocenters. The van der Waals surface area contributed by atoms with Gasteiger partial charge in [-0.05, 0) is 62.6 Å². The first-order chi connectivity index (χ1) is 12.1. The monoisotopic (exact) mass is 333 g/mol. The molecule has 0 aliphatic rings. The molecule has 0 aliphatic carbocycles. The van der Waals surface area contributed by atoms with Crippen molar-refractivity contribution >= 4 is 5.91 Å². The van der Waals surface area contributed by atoms with Crippen molar-refractivity contribution in [3.05, 3.63) is 83.2 Å². The van der Waals surface area contributed by atoms with E-state index >= 15 is 0 Å². The van der Waals surface area contributed by atoms with E-state index in [1.807, 2.05) is 67.1 Å². The average molecular weight is 333 g/mol. The molecule has 25 heavy (non-hydrogen) atoms. The summed E-state index contributed by atoms with van der Waals surface area (Å²) >= 11 is 0. The van der Waals surface area contributed by atoms with E-state index in [1.54, 1.807) is 0 Å². The third-order valence-electron chi connectivity index (χ3n) is 4.15. The molecule has 0 spiro atoms. The lowest BCUT2D eigenvalue weighted by Gasteiger charge is -2.08. The Balaban J connectivity index is 1.53. The standard InChI is InChI=1S/C21H23N3O/c1-16-15-17(2)24(23-16)20-12-10-19(11-13-20)21(25)22-14-6-9-18-7-4-3-5-8-18/h3-5,7-8,10-13,15H,6,9,14H2,1-2H3,(H,22,25). The van der Waals surface area contributed by atoms with E-state index in [0.29, 0.717) is 12.1 Å². The molecule has 0 saturated carbocycles. The molecule has 3 rings (SSSR count). The molecule has 0 aliphatic heterocycles. The van der Waals surface area contributed by atoms with Gasteiger partial charge >= 0.3 is 0 Å². The second-order valence-electron chi connectivity index (χ2n) is 6.23. The number of rotatable bonds is 6. The van der Waals surface area contributed by atoms with Crippen LogP contribution in [0.15, 0.2) is 60.7 Å². The van der Waals surface area contributed by atoms with Crippen LogP contribution in [0.5, 0.6) is 0 Å². The van der Waals surface area contributed by atoms with E-state index in [4.69, 9.17) is 0 Å². The summed E-state index contributed by atoms with van der Waals surface area (Å²) in [6.45, 7) is 4.67. The van der Waals surface area contributed by atoms with Crippen LogP contribution in [0.25, 0.3) is 5.69 Å². The summed E-state index contributed by atoms with van der Waals surface area (Å²) in [5, 5.41) is 7.44. The van der Waals surface area contributed by atoms with Crippen LogP contribution in [0.4, 0.5) is 0 Å². The Morgan fingerprint density at radius 3 is 2.40 bits per heavy atom. The molecule has 4 nitrogen and oxygen atoms in total. The van der Waals surface area contributed by atoms with Crippen LogP contribution in [0, 0.1) is 13.8 Å². The third-order valence-corrected chi connectivity index (χ3v) is 4.15. The Morgan fingerprint density at radius 1 is 1.04 bits per heavy atom. The van der Waals surface area contributed by atoms with Gasteiger partial charge in [0.15, 0.2) is 0 Å². The van der Waals surface area contributed by atoms with Crippen LogP contribution < -0.4 is 5.32 Å². The summed E-state index contributed by atoms with van der Waals surface area (Å²) in [5.74, 6) is -0.0343. The number of aryl methyl sites for hydroxylation is 3. The fraction of sp³-hybridized carbons (Fsp3) is 0.238. The zero-order valence-electron chi connectivity index (χ0n) is 14.7. The number of carbonyl (C=O) groups excluding carboxylic acids is 1. The van der Waals surface area contributed by atoms with Crippen molar-refractivity contribution in [1.29, 1.82) is 0 Å². The van der Waals surface area contributed by atoms with Crippen molar-refractivity contribution in [1.82, 2.24) is 15.1 Å². The van der Waals surface area contributed by atoms with Crippen molar-refractivity contribution < 1.29 is 4.79 Å². The Hall–Kier alpha value is -2.88. The van der Waals surface area contributed by atoms with Gasteiger partial charge < -0.3 is 5.32 Å². The maximum absolute atomic E-state index is 12.2. The van der Waals surface area contributed by atoms with Crippen molar-refractivity contribution in [3.8, 4) is 5.69 Å². The summed E-state index contributed by atoms with van der Waals surface area (Å²) in [6.07, 6.45) is 1.90. The molecule has 0 saturated heterocycles. The van der Waals surface area contributed by atoms with Gasteiger partial charge in [0.1, 0.15) is 0 Å². The highest BCUT2D eigenvalue weighted by molar-refractivity contribution is 5.94. The highest BCUT2D eigenvalue weighted by atomic mass is 16.1. The molecule has 1 aromatic heterocycles. The molecule has 1 amide bonds.